The molecule has 1 saturated carbocycles. The number of nitrogens with zero attached hydrogens (tertiary/aromatic N) is 1. The maximum Gasteiger partial charge on any atom is 0.0540 e. The van der Waals surface area contributed by atoms with Gasteiger partial charge in [-0.3, -0.25) is 4.90 Å². The number of rotatable bonds is 7. The summed E-state index contributed by atoms with van der Waals surface area (Å²) in [5.41, 5.74) is 2.30. The largest absolute Gasteiger partial charge is 0.396 e. The Bertz CT molecular complexity index is 468. The summed E-state index contributed by atoms with van der Waals surface area (Å²) in [6.07, 6.45) is 5.28. The lowest BCUT2D eigenvalue weighted by molar-refractivity contribution is 0.109. The van der Waals surface area contributed by atoms with E-state index in [9.17, 15) is 0 Å². The zero-order chi connectivity index (χ0) is 14.9. The fourth-order valence-electron chi connectivity index (χ4n) is 2.56. The number of hydrogen-bond acceptors (Lipinski definition) is 3. The summed E-state index contributed by atoms with van der Waals surface area (Å²) in [5, 5.41) is 17.7. The normalized spacial score (nSPS) is 14.6. The molecule has 1 fully saturated rings. The van der Waals surface area contributed by atoms with E-state index in [1.54, 1.807) is 0 Å². The Morgan fingerprint density at radius 3 is 2.43 bits per heavy atom. The highest BCUT2D eigenvalue weighted by atomic mass is 16.3. The molecule has 1 aliphatic carbocycles. The van der Waals surface area contributed by atoms with E-state index >= 15 is 0 Å². The van der Waals surface area contributed by atoms with E-state index in [1.807, 2.05) is 12.1 Å². The van der Waals surface area contributed by atoms with Crippen LogP contribution in [0.2, 0.25) is 0 Å². The van der Waals surface area contributed by atoms with Crippen LogP contribution >= 0.6 is 0 Å². The molecule has 0 aromatic heterocycles. The fourth-order valence-corrected chi connectivity index (χ4v) is 2.56. The molecule has 0 unspecified atom stereocenters. The SMILES string of the molecule is OCCC#Cc1ccc(CN(CCCO)C2CCC2)cc1. The average Bonchev–Trinajstić information content (AvgIpc) is 2.45. The van der Waals surface area contributed by atoms with Crippen molar-refractivity contribution in [3.63, 3.8) is 0 Å². The summed E-state index contributed by atoms with van der Waals surface area (Å²) in [4.78, 5) is 2.49. The van der Waals surface area contributed by atoms with Gasteiger partial charge in [0.2, 0.25) is 0 Å². The minimum atomic E-state index is 0.117. The maximum absolute atomic E-state index is 9.03. The molecule has 0 radical (unpaired) electrons. The van der Waals surface area contributed by atoms with Crippen molar-refractivity contribution < 1.29 is 10.2 Å². The Balaban J connectivity index is 1.92. The van der Waals surface area contributed by atoms with Gasteiger partial charge in [0.25, 0.3) is 0 Å². The lowest BCUT2D eigenvalue weighted by atomic mass is 9.91. The second kappa shape index (κ2) is 8.84. The van der Waals surface area contributed by atoms with E-state index < -0.39 is 0 Å². The monoisotopic (exact) mass is 287 g/mol. The first-order valence-electron chi connectivity index (χ1n) is 7.87. The lowest BCUT2D eigenvalue weighted by Crippen LogP contribution is -2.40. The third kappa shape index (κ3) is 5.17. The fraction of sp³-hybridized carbons (Fsp3) is 0.556. The first kappa shape index (κ1) is 16.0. The van der Waals surface area contributed by atoms with Crippen molar-refractivity contribution in [2.24, 2.45) is 0 Å². The first-order chi connectivity index (χ1) is 10.3. The van der Waals surface area contributed by atoms with Crippen LogP contribution in [-0.2, 0) is 6.54 Å². The van der Waals surface area contributed by atoms with Gasteiger partial charge in [-0.2, -0.15) is 0 Å². The molecule has 0 aliphatic heterocycles. The van der Waals surface area contributed by atoms with E-state index in [1.165, 1.54) is 24.8 Å². The molecule has 0 bridgehead atoms. The van der Waals surface area contributed by atoms with E-state index in [4.69, 9.17) is 10.2 Å². The topological polar surface area (TPSA) is 43.7 Å². The van der Waals surface area contributed by atoms with Crippen LogP contribution in [0, 0.1) is 11.8 Å². The molecule has 0 heterocycles. The summed E-state index contributed by atoms with van der Waals surface area (Å²) in [6, 6.07) is 9.05. The quantitative estimate of drug-likeness (QED) is 0.755. The molecule has 21 heavy (non-hydrogen) atoms. The minimum Gasteiger partial charge on any atom is -0.396 e. The van der Waals surface area contributed by atoms with Gasteiger partial charge in [0.1, 0.15) is 0 Å². The second-order valence-corrected chi connectivity index (χ2v) is 5.60. The van der Waals surface area contributed by atoms with Crippen molar-refractivity contribution in [1.82, 2.24) is 4.90 Å². The summed E-state index contributed by atoms with van der Waals surface area (Å²) in [7, 11) is 0. The molecule has 0 spiro atoms. The van der Waals surface area contributed by atoms with Gasteiger partial charge in [-0.15, -0.1) is 0 Å². The van der Waals surface area contributed by atoms with Gasteiger partial charge in [0.05, 0.1) is 6.61 Å². The maximum atomic E-state index is 9.03. The molecule has 3 nitrogen and oxygen atoms in total. The molecule has 1 aromatic carbocycles. The standard InChI is InChI=1S/C18H25NO2/c20-13-2-1-5-16-8-10-17(11-9-16)15-19(12-4-14-21)18-6-3-7-18/h8-11,18,20-21H,2-4,6-7,12-15H2. The molecule has 3 heteroatoms. The van der Waals surface area contributed by atoms with Crippen molar-refractivity contribution in [2.45, 2.75) is 44.7 Å². The molecular weight excluding hydrogens is 262 g/mol. The van der Waals surface area contributed by atoms with Crippen LogP contribution in [0.3, 0.4) is 0 Å². The predicted molar refractivity (Wildman–Crippen MR) is 84.8 cm³/mol. The zero-order valence-corrected chi connectivity index (χ0v) is 12.6. The van der Waals surface area contributed by atoms with Gasteiger partial charge in [-0.05, 0) is 37.0 Å². The molecule has 2 N–H and O–H groups in total. The smallest absolute Gasteiger partial charge is 0.0540 e. The average molecular weight is 287 g/mol. The molecule has 1 aliphatic rings. The number of aliphatic hydroxyl groups excluding tert-OH is 2. The summed E-state index contributed by atoms with van der Waals surface area (Å²) < 4.78 is 0. The second-order valence-electron chi connectivity index (χ2n) is 5.60. The molecule has 2 rings (SSSR count). The Kier molecular flexibility index (Phi) is 6.75. The molecule has 1 aromatic rings. The van der Waals surface area contributed by atoms with Gasteiger partial charge in [-0.25, -0.2) is 0 Å². The van der Waals surface area contributed by atoms with Crippen molar-refractivity contribution in [1.29, 1.82) is 0 Å². The molecule has 0 saturated heterocycles. The van der Waals surface area contributed by atoms with Crippen LogP contribution < -0.4 is 0 Å². The van der Waals surface area contributed by atoms with E-state index in [0.717, 1.165) is 25.1 Å². The third-order valence-corrected chi connectivity index (χ3v) is 4.00. The lowest BCUT2D eigenvalue weighted by Gasteiger charge is -2.37. The Morgan fingerprint density at radius 1 is 1.10 bits per heavy atom. The van der Waals surface area contributed by atoms with Gasteiger partial charge in [-0.1, -0.05) is 30.4 Å². The Hall–Kier alpha value is -1.34. The van der Waals surface area contributed by atoms with E-state index in [-0.39, 0.29) is 13.2 Å². The van der Waals surface area contributed by atoms with Gasteiger partial charge >= 0.3 is 0 Å². The van der Waals surface area contributed by atoms with Crippen LogP contribution in [0.5, 0.6) is 0 Å². The summed E-state index contributed by atoms with van der Waals surface area (Å²) in [5.74, 6) is 5.99. The Labute approximate surface area is 127 Å². The van der Waals surface area contributed by atoms with Crippen LogP contribution in [0.1, 0.15) is 43.2 Å². The molecule has 0 atom stereocenters. The number of aliphatic hydroxyl groups is 2. The highest BCUT2D eigenvalue weighted by Crippen LogP contribution is 2.26. The van der Waals surface area contributed by atoms with Gasteiger partial charge < -0.3 is 10.2 Å². The molecule has 0 amide bonds. The summed E-state index contributed by atoms with van der Waals surface area (Å²) in [6.45, 7) is 2.31. The highest BCUT2D eigenvalue weighted by Gasteiger charge is 2.24. The third-order valence-electron chi connectivity index (χ3n) is 4.00. The van der Waals surface area contributed by atoms with E-state index in [2.05, 4.69) is 28.9 Å². The number of hydrogen-bond donors (Lipinski definition) is 2. The predicted octanol–water partition coefficient (Wildman–Crippen LogP) is 2.16. The first-order valence-corrected chi connectivity index (χ1v) is 7.87. The molecular formula is C18H25NO2. The van der Waals surface area contributed by atoms with Crippen LogP contribution in [0.25, 0.3) is 0 Å². The van der Waals surface area contributed by atoms with Gasteiger partial charge in [0, 0.05) is 37.7 Å². The minimum absolute atomic E-state index is 0.117. The number of benzene rings is 1. The highest BCUT2D eigenvalue weighted by molar-refractivity contribution is 5.36. The van der Waals surface area contributed by atoms with Crippen molar-refractivity contribution in [3.05, 3.63) is 35.4 Å². The Morgan fingerprint density at radius 2 is 1.86 bits per heavy atom. The zero-order valence-electron chi connectivity index (χ0n) is 12.6. The van der Waals surface area contributed by atoms with Crippen LogP contribution in [-0.4, -0.2) is 40.9 Å². The molecule has 114 valence electrons. The van der Waals surface area contributed by atoms with Crippen LogP contribution in [0.15, 0.2) is 24.3 Å². The summed E-state index contributed by atoms with van der Waals surface area (Å²) >= 11 is 0. The van der Waals surface area contributed by atoms with Crippen molar-refractivity contribution >= 4 is 0 Å². The van der Waals surface area contributed by atoms with E-state index in [0.29, 0.717) is 12.5 Å². The van der Waals surface area contributed by atoms with Crippen LogP contribution in [0.4, 0.5) is 0 Å². The van der Waals surface area contributed by atoms with Gasteiger partial charge in [0.15, 0.2) is 0 Å². The van der Waals surface area contributed by atoms with Crippen molar-refractivity contribution in [3.8, 4) is 11.8 Å². The van der Waals surface area contributed by atoms with Crippen molar-refractivity contribution in [2.75, 3.05) is 19.8 Å².